The van der Waals surface area contributed by atoms with Crippen molar-refractivity contribution >= 4 is 0 Å². The first kappa shape index (κ1) is 9.99. The van der Waals surface area contributed by atoms with Crippen LogP contribution in [-0.2, 0) is 0 Å². The Morgan fingerprint density at radius 2 is 1.64 bits per heavy atom. The van der Waals surface area contributed by atoms with E-state index in [1.807, 2.05) is 0 Å². The molecule has 3 heteroatoms. The summed E-state index contributed by atoms with van der Waals surface area (Å²) >= 11 is 0. The van der Waals surface area contributed by atoms with Crippen molar-refractivity contribution in [3.8, 4) is 0 Å². The SMILES string of the molecule is CN1CC=C(N2CCN(C)CC2)CC1. The molecule has 0 unspecified atom stereocenters. The Morgan fingerprint density at radius 1 is 0.929 bits per heavy atom. The molecule has 0 bridgehead atoms. The van der Waals surface area contributed by atoms with Gasteiger partial charge in [-0.3, -0.25) is 0 Å². The fourth-order valence-corrected chi connectivity index (χ4v) is 2.14. The molecular formula is C11H21N3. The Balaban J connectivity index is 1.89. The standard InChI is InChI=1S/C11H21N3/c1-12-5-3-11(4-6-12)14-9-7-13(2)8-10-14/h3H,4-10H2,1-2H3. The predicted octanol–water partition coefficient (Wildman–Crippen LogP) is 0.453. The summed E-state index contributed by atoms with van der Waals surface area (Å²) in [6.07, 6.45) is 3.63. The Kier molecular flexibility index (Phi) is 3.08. The first-order valence-electron chi connectivity index (χ1n) is 5.57. The second-order valence-electron chi connectivity index (χ2n) is 4.50. The molecule has 14 heavy (non-hydrogen) atoms. The van der Waals surface area contributed by atoms with Gasteiger partial charge >= 0.3 is 0 Å². The highest BCUT2D eigenvalue weighted by molar-refractivity contribution is 5.07. The number of hydrogen-bond acceptors (Lipinski definition) is 3. The van der Waals surface area contributed by atoms with Gasteiger partial charge in [-0.1, -0.05) is 6.08 Å². The quantitative estimate of drug-likeness (QED) is 0.601. The third-order valence-corrected chi connectivity index (χ3v) is 3.30. The Bertz CT molecular complexity index is 217. The molecule has 3 nitrogen and oxygen atoms in total. The van der Waals surface area contributed by atoms with Gasteiger partial charge in [-0.05, 0) is 20.5 Å². The molecule has 0 spiro atoms. The third kappa shape index (κ3) is 2.28. The maximum Gasteiger partial charge on any atom is 0.0303 e. The Hall–Kier alpha value is -0.540. The highest BCUT2D eigenvalue weighted by Crippen LogP contribution is 2.15. The minimum atomic E-state index is 1.13. The molecule has 1 fully saturated rings. The van der Waals surface area contributed by atoms with E-state index in [2.05, 4.69) is 34.9 Å². The van der Waals surface area contributed by atoms with Gasteiger partial charge in [0.05, 0.1) is 0 Å². The molecule has 0 aromatic rings. The molecular weight excluding hydrogens is 174 g/mol. The van der Waals surface area contributed by atoms with Gasteiger partial charge in [-0.25, -0.2) is 0 Å². The van der Waals surface area contributed by atoms with E-state index in [4.69, 9.17) is 0 Å². The molecule has 80 valence electrons. The van der Waals surface area contributed by atoms with Crippen LogP contribution in [0.3, 0.4) is 0 Å². The molecule has 2 aliphatic heterocycles. The van der Waals surface area contributed by atoms with E-state index in [-0.39, 0.29) is 0 Å². The van der Waals surface area contributed by atoms with Crippen LogP contribution in [0.2, 0.25) is 0 Å². The summed E-state index contributed by atoms with van der Waals surface area (Å²) in [5.74, 6) is 0. The number of rotatable bonds is 1. The molecule has 0 atom stereocenters. The lowest BCUT2D eigenvalue weighted by Gasteiger charge is -2.37. The molecule has 0 aromatic heterocycles. The van der Waals surface area contributed by atoms with Crippen LogP contribution in [0.1, 0.15) is 6.42 Å². The van der Waals surface area contributed by atoms with Crippen molar-refractivity contribution in [2.24, 2.45) is 0 Å². The summed E-state index contributed by atoms with van der Waals surface area (Å²) in [6.45, 7) is 7.21. The van der Waals surface area contributed by atoms with Gasteiger partial charge in [-0.2, -0.15) is 0 Å². The van der Waals surface area contributed by atoms with Crippen LogP contribution in [-0.4, -0.2) is 68.1 Å². The second-order valence-corrected chi connectivity index (χ2v) is 4.50. The van der Waals surface area contributed by atoms with Gasteiger partial charge in [0.25, 0.3) is 0 Å². The van der Waals surface area contributed by atoms with Gasteiger partial charge in [0.2, 0.25) is 0 Å². The molecule has 0 aromatic carbocycles. The molecule has 2 aliphatic rings. The van der Waals surface area contributed by atoms with Crippen molar-refractivity contribution in [1.29, 1.82) is 0 Å². The molecule has 0 radical (unpaired) electrons. The highest BCUT2D eigenvalue weighted by Gasteiger charge is 2.18. The van der Waals surface area contributed by atoms with Crippen LogP contribution in [0.4, 0.5) is 0 Å². The highest BCUT2D eigenvalue weighted by atomic mass is 15.3. The fraction of sp³-hybridized carbons (Fsp3) is 0.818. The maximum absolute atomic E-state index is 2.56. The summed E-state index contributed by atoms with van der Waals surface area (Å²) in [5, 5.41) is 0. The van der Waals surface area contributed by atoms with Crippen molar-refractivity contribution < 1.29 is 0 Å². The number of piperazine rings is 1. The van der Waals surface area contributed by atoms with E-state index >= 15 is 0 Å². The van der Waals surface area contributed by atoms with Crippen LogP contribution in [0.5, 0.6) is 0 Å². The normalized spacial score (nSPS) is 26.4. The maximum atomic E-state index is 2.56. The molecule has 0 N–H and O–H groups in total. The Morgan fingerprint density at radius 3 is 2.21 bits per heavy atom. The lowest BCUT2D eigenvalue weighted by Crippen LogP contribution is -2.45. The van der Waals surface area contributed by atoms with Gasteiger partial charge in [0, 0.05) is 45.0 Å². The minimum Gasteiger partial charge on any atom is -0.372 e. The van der Waals surface area contributed by atoms with Crippen molar-refractivity contribution in [1.82, 2.24) is 14.7 Å². The van der Waals surface area contributed by atoms with Gasteiger partial charge in [-0.15, -0.1) is 0 Å². The van der Waals surface area contributed by atoms with Crippen molar-refractivity contribution in [2.75, 3.05) is 53.4 Å². The molecule has 2 heterocycles. The lowest BCUT2D eigenvalue weighted by molar-refractivity contribution is 0.174. The molecule has 2 rings (SSSR count). The number of nitrogens with zero attached hydrogens (tertiary/aromatic N) is 3. The van der Waals surface area contributed by atoms with Crippen molar-refractivity contribution in [3.05, 3.63) is 11.8 Å². The van der Waals surface area contributed by atoms with E-state index in [0.29, 0.717) is 0 Å². The third-order valence-electron chi connectivity index (χ3n) is 3.30. The van der Waals surface area contributed by atoms with Gasteiger partial charge < -0.3 is 14.7 Å². The van der Waals surface area contributed by atoms with Crippen LogP contribution in [0.15, 0.2) is 11.8 Å². The van der Waals surface area contributed by atoms with Gasteiger partial charge in [0.1, 0.15) is 0 Å². The average molecular weight is 195 g/mol. The molecule has 1 saturated heterocycles. The molecule has 0 amide bonds. The topological polar surface area (TPSA) is 9.72 Å². The van der Waals surface area contributed by atoms with E-state index in [1.54, 1.807) is 5.70 Å². The molecule has 0 aliphatic carbocycles. The Labute approximate surface area is 87.0 Å². The first-order chi connectivity index (χ1) is 6.75. The zero-order chi connectivity index (χ0) is 9.97. The van der Waals surface area contributed by atoms with E-state index in [9.17, 15) is 0 Å². The summed E-state index contributed by atoms with van der Waals surface area (Å²) in [5.41, 5.74) is 1.58. The van der Waals surface area contributed by atoms with Crippen molar-refractivity contribution in [2.45, 2.75) is 6.42 Å². The van der Waals surface area contributed by atoms with E-state index < -0.39 is 0 Å². The number of hydrogen-bond donors (Lipinski definition) is 0. The van der Waals surface area contributed by atoms with Crippen LogP contribution >= 0.6 is 0 Å². The van der Waals surface area contributed by atoms with Crippen LogP contribution in [0.25, 0.3) is 0 Å². The van der Waals surface area contributed by atoms with E-state index in [0.717, 1.165) is 6.54 Å². The number of likely N-dealkylation sites (N-methyl/N-ethyl adjacent to an activating group) is 2. The summed E-state index contributed by atoms with van der Waals surface area (Å²) < 4.78 is 0. The summed E-state index contributed by atoms with van der Waals surface area (Å²) in [7, 11) is 4.40. The fourth-order valence-electron chi connectivity index (χ4n) is 2.14. The largest absolute Gasteiger partial charge is 0.372 e. The molecule has 0 saturated carbocycles. The first-order valence-corrected chi connectivity index (χ1v) is 5.57. The van der Waals surface area contributed by atoms with Crippen molar-refractivity contribution in [3.63, 3.8) is 0 Å². The smallest absolute Gasteiger partial charge is 0.0303 e. The van der Waals surface area contributed by atoms with Crippen LogP contribution < -0.4 is 0 Å². The predicted molar refractivity (Wildman–Crippen MR) is 59.3 cm³/mol. The summed E-state index contributed by atoms with van der Waals surface area (Å²) in [4.78, 5) is 7.35. The monoisotopic (exact) mass is 195 g/mol. The van der Waals surface area contributed by atoms with Crippen LogP contribution in [0, 0.1) is 0 Å². The zero-order valence-electron chi connectivity index (χ0n) is 9.37. The second kappa shape index (κ2) is 4.32. The average Bonchev–Trinajstić information content (AvgIpc) is 2.21. The zero-order valence-corrected chi connectivity index (χ0v) is 9.37. The lowest BCUT2D eigenvalue weighted by atomic mass is 10.1. The van der Waals surface area contributed by atoms with E-state index in [1.165, 1.54) is 39.1 Å². The minimum absolute atomic E-state index is 1.13. The van der Waals surface area contributed by atoms with Gasteiger partial charge in [0.15, 0.2) is 0 Å². The summed E-state index contributed by atoms with van der Waals surface area (Å²) in [6, 6.07) is 0.